The molecule has 0 fully saturated rings. The molecule has 1 N–H and O–H groups in total. The zero-order valence-electron chi connectivity index (χ0n) is 16.3. The zero-order chi connectivity index (χ0) is 20.2. The number of carbonyl (C=O) groups excluding carboxylic acids is 1. The van der Waals surface area contributed by atoms with Crippen molar-refractivity contribution in [3.05, 3.63) is 90.4 Å². The van der Waals surface area contributed by atoms with Crippen molar-refractivity contribution in [1.82, 2.24) is 15.0 Å². The minimum absolute atomic E-state index is 0.0489. The first-order valence-corrected chi connectivity index (χ1v) is 9.32. The van der Waals surface area contributed by atoms with E-state index in [1.54, 1.807) is 19.4 Å². The average Bonchev–Trinajstić information content (AvgIpc) is 2.76. The molecule has 2 aromatic heterocycles. The number of carbonyl (C=O) groups is 1. The minimum Gasteiger partial charge on any atom is -0.340 e. The lowest BCUT2D eigenvalue weighted by molar-refractivity contribution is 0.101. The van der Waals surface area contributed by atoms with Gasteiger partial charge in [0, 0.05) is 34.6 Å². The first-order chi connectivity index (χ1) is 14.1. The number of aromatic nitrogens is 3. The van der Waals surface area contributed by atoms with Gasteiger partial charge in [-0.2, -0.15) is 0 Å². The van der Waals surface area contributed by atoms with Gasteiger partial charge in [-0.1, -0.05) is 42.0 Å². The third-order valence-corrected chi connectivity index (χ3v) is 4.63. The average molecular weight is 380 g/mol. The maximum absolute atomic E-state index is 11.5. The maximum atomic E-state index is 11.5. The third kappa shape index (κ3) is 4.35. The van der Waals surface area contributed by atoms with Gasteiger partial charge in [0.05, 0.1) is 11.4 Å². The van der Waals surface area contributed by atoms with Gasteiger partial charge in [0.15, 0.2) is 5.78 Å². The van der Waals surface area contributed by atoms with E-state index in [0.29, 0.717) is 5.56 Å². The molecule has 5 heteroatoms. The quantitative estimate of drug-likeness (QED) is 0.466. The number of nitrogens with one attached hydrogen (secondary N) is 1. The summed E-state index contributed by atoms with van der Waals surface area (Å²) in [5, 5.41) is 3.31. The monoisotopic (exact) mass is 380 g/mol. The zero-order valence-corrected chi connectivity index (χ0v) is 16.3. The fraction of sp³-hybridized carbons (Fsp3) is 0.0833. The van der Waals surface area contributed by atoms with Crippen LogP contribution in [0.3, 0.4) is 0 Å². The molecule has 4 rings (SSSR count). The number of aryl methyl sites for hydroxylation is 1. The molecular weight excluding hydrogens is 360 g/mol. The van der Waals surface area contributed by atoms with Crippen molar-refractivity contribution in [2.24, 2.45) is 0 Å². The van der Waals surface area contributed by atoms with Crippen LogP contribution in [0, 0.1) is 6.92 Å². The molecule has 2 heterocycles. The molecular formula is C24H20N4O. The van der Waals surface area contributed by atoms with Gasteiger partial charge in [-0.15, -0.1) is 0 Å². The van der Waals surface area contributed by atoms with Crippen molar-refractivity contribution in [2.75, 3.05) is 5.32 Å². The van der Waals surface area contributed by atoms with E-state index >= 15 is 0 Å². The van der Waals surface area contributed by atoms with Gasteiger partial charge in [0.1, 0.15) is 12.1 Å². The van der Waals surface area contributed by atoms with E-state index in [-0.39, 0.29) is 5.78 Å². The Morgan fingerprint density at radius 1 is 0.793 bits per heavy atom. The summed E-state index contributed by atoms with van der Waals surface area (Å²) in [7, 11) is 0. The highest BCUT2D eigenvalue weighted by atomic mass is 16.1. The van der Waals surface area contributed by atoms with Gasteiger partial charge in [0.2, 0.25) is 0 Å². The van der Waals surface area contributed by atoms with E-state index in [1.807, 2.05) is 54.6 Å². The molecule has 0 aliphatic heterocycles. The maximum Gasteiger partial charge on any atom is 0.159 e. The number of nitrogens with zero attached hydrogens (tertiary/aromatic N) is 3. The van der Waals surface area contributed by atoms with Crippen LogP contribution in [0.1, 0.15) is 22.8 Å². The van der Waals surface area contributed by atoms with Crippen LogP contribution in [-0.2, 0) is 0 Å². The fourth-order valence-electron chi connectivity index (χ4n) is 2.99. The molecule has 5 nitrogen and oxygen atoms in total. The van der Waals surface area contributed by atoms with Crippen molar-refractivity contribution in [3.8, 4) is 22.5 Å². The van der Waals surface area contributed by atoms with Crippen LogP contribution in [0.2, 0.25) is 0 Å². The predicted molar refractivity (Wildman–Crippen MR) is 115 cm³/mol. The Kier molecular flexibility index (Phi) is 5.12. The molecule has 0 amide bonds. The molecule has 2 aromatic carbocycles. The first-order valence-electron chi connectivity index (χ1n) is 9.32. The summed E-state index contributed by atoms with van der Waals surface area (Å²) in [6.07, 6.45) is 3.31. The second-order valence-corrected chi connectivity index (χ2v) is 6.84. The molecule has 0 unspecified atom stereocenters. The minimum atomic E-state index is 0.0489. The molecule has 0 saturated carbocycles. The second kappa shape index (κ2) is 8.02. The number of benzene rings is 2. The van der Waals surface area contributed by atoms with E-state index in [1.165, 1.54) is 5.56 Å². The number of hydrogen-bond donors (Lipinski definition) is 1. The Bertz CT molecular complexity index is 1150. The Morgan fingerprint density at radius 3 is 2.24 bits per heavy atom. The highest BCUT2D eigenvalue weighted by Crippen LogP contribution is 2.25. The Labute approximate surface area is 169 Å². The Hall–Kier alpha value is -3.86. The van der Waals surface area contributed by atoms with E-state index in [0.717, 1.165) is 34.0 Å². The van der Waals surface area contributed by atoms with Crippen LogP contribution in [0.15, 0.2) is 79.3 Å². The predicted octanol–water partition coefficient (Wildman–Crippen LogP) is 5.46. The van der Waals surface area contributed by atoms with Crippen LogP contribution in [0.5, 0.6) is 0 Å². The van der Waals surface area contributed by atoms with E-state index in [9.17, 15) is 4.79 Å². The number of ketones is 1. The summed E-state index contributed by atoms with van der Waals surface area (Å²) in [4.78, 5) is 24.7. The Balaban J connectivity index is 1.61. The van der Waals surface area contributed by atoms with Crippen molar-refractivity contribution in [3.63, 3.8) is 0 Å². The van der Waals surface area contributed by atoms with Crippen LogP contribution in [0.4, 0.5) is 11.5 Å². The summed E-state index contributed by atoms with van der Waals surface area (Å²) < 4.78 is 0. The van der Waals surface area contributed by atoms with Crippen molar-refractivity contribution < 1.29 is 4.79 Å². The van der Waals surface area contributed by atoms with Crippen LogP contribution < -0.4 is 5.32 Å². The van der Waals surface area contributed by atoms with Gasteiger partial charge in [-0.25, -0.2) is 9.97 Å². The van der Waals surface area contributed by atoms with E-state index < -0.39 is 0 Å². The summed E-state index contributed by atoms with van der Waals surface area (Å²) in [6.45, 7) is 3.62. The number of rotatable bonds is 5. The summed E-state index contributed by atoms with van der Waals surface area (Å²) in [6, 6.07) is 21.4. The van der Waals surface area contributed by atoms with E-state index in [4.69, 9.17) is 0 Å². The lowest BCUT2D eigenvalue weighted by Crippen LogP contribution is -1.96. The highest BCUT2D eigenvalue weighted by Gasteiger charge is 2.07. The molecule has 29 heavy (non-hydrogen) atoms. The summed E-state index contributed by atoms with van der Waals surface area (Å²) in [5.74, 6) is 0.774. The molecule has 0 spiro atoms. The van der Waals surface area contributed by atoms with Gasteiger partial charge >= 0.3 is 0 Å². The van der Waals surface area contributed by atoms with Crippen LogP contribution in [-0.4, -0.2) is 20.7 Å². The standard InChI is InChI=1S/C24H20N4O/c1-16-3-9-21(10-4-16)28-24-14-23(26-15-27-24)20-11-12-25-22(13-20)19-7-5-18(6-8-19)17(2)29/h3-15H,1-2H3,(H,26,27,28). The van der Waals surface area contributed by atoms with Crippen molar-refractivity contribution >= 4 is 17.3 Å². The molecule has 0 aliphatic rings. The van der Waals surface area contributed by atoms with Gasteiger partial charge in [0.25, 0.3) is 0 Å². The fourth-order valence-corrected chi connectivity index (χ4v) is 2.99. The number of Topliss-reactive ketones (excluding diaryl/α,β-unsaturated/α-hetero) is 1. The topological polar surface area (TPSA) is 67.8 Å². The van der Waals surface area contributed by atoms with Gasteiger partial charge in [-0.3, -0.25) is 9.78 Å². The first kappa shape index (κ1) is 18.5. The lowest BCUT2D eigenvalue weighted by Gasteiger charge is -2.08. The van der Waals surface area contributed by atoms with Crippen molar-refractivity contribution in [1.29, 1.82) is 0 Å². The number of anilines is 2. The number of hydrogen-bond acceptors (Lipinski definition) is 5. The van der Waals surface area contributed by atoms with Crippen LogP contribution in [0.25, 0.3) is 22.5 Å². The summed E-state index contributed by atoms with van der Waals surface area (Å²) >= 11 is 0. The summed E-state index contributed by atoms with van der Waals surface area (Å²) in [5.41, 5.74) is 6.39. The molecule has 0 atom stereocenters. The van der Waals surface area contributed by atoms with Gasteiger partial charge < -0.3 is 5.32 Å². The molecule has 0 saturated heterocycles. The molecule has 0 aliphatic carbocycles. The molecule has 0 bridgehead atoms. The molecule has 0 radical (unpaired) electrons. The van der Waals surface area contributed by atoms with Gasteiger partial charge in [-0.05, 0) is 38.1 Å². The van der Waals surface area contributed by atoms with Crippen LogP contribution >= 0.6 is 0 Å². The normalized spacial score (nSPS) is 10.6. The smallest absolute Gasteiger partial charge is 0.159 e. The second-order valence-electron chi connectivity index (χ2n) is 6.84. The molecule has 4 aromatic rings. The van der Waals surface area contributed by atoms with Crippen molar-refractivity contribution in [2.45, 2.75) is 13.8 Å². The van der Waals surface area contributed by atoms with E-state index in [2.05, 4.69) is 39.3 Å². The highest BCUT2D eigenvalue weighted by molar-refractivity contribution is 5.94. The Morgan fingerprint density at radius 2 is 1.52 bits per heavy atom. The molecule has 142 valence electrons. The lowest BCUT2D eigenvalue weighted by atomic mass is 10.0. The largest absolute Gasteiger partial charge is 0.340 e. The number of pyridine rings is 1. The third-order valence-electron chi connectivity index (χ3n) is 4.63. The SMILES string of the molecule is CC(=O)c1ccc(-c2cc(-c3cc(Nc4ccc(C)cc4)ncn3)ccn2)cc1.